The van der Waals surface area contributed by atoms with Gasteiger partial charge in [0, 0.05) is 36.3 Å². The first-order valence-corrected chi connectivity index (χ1v) is 14.3. The fourth-order valence-electron chi connectivity index (χ4n) is 5.01. The molecule has 1 fully saturated rings. The van der Waals surface area contributed by atoms with Crippen LogP contribution in [0.2, 0.25) is 5.02 Å². The third-order valence-corrected chi connectivity index (χ3v) is 8.84. The molecule has 3 atom stereocenters. The number of nitrogens with one attached hydrogen (secondary N) is 1. The number of likely N-dealkylation sites (N-methyl/N-ethyl adjacent to an activating group) is 1. The second-order valence-electron chi connectivity index (χ2n) is 9.64. The van der Waals surface area contributed by atoms with Gasteiger partial charge in [-0.2, -0.15) is 4.31 Å². The Morgan fingerprint density at radius 2 is 1.71 bits per heavy atom. The summed E-state index contributed by atoms with van der Waals surface area (Å²) in [6.45, 7) is 11.9. The first-order valence-electron chi connectivity index (χ1n) is 12.5. The third-order valence-electron chi connectivity index (χ3n) is 6.76. The van der Waals surface area contributed by atoms with E-state index in [0.29, 0.717) is 42.1 Å². The highest BCUT2D eigenvalue weighted by Gasteiger charge is 2.32. The number of piperidine rings is 1. The lowest BCUT2D eigenvalue weighted by molar-refractivity contribution is 0.0986. The molecule has 1 N–H and O–H groups in total. The molecule has 0 saturated carbocycles. The van der Waals surface area contributed by atoms with Gasteiger partial charge in [0.1, 0.15) is 0 Å². The Labute approximate surface area is 215 Å². The molecule has 0 amide bonds. The average Bonchev–Trinajstić information content (AvgIpc) is 2.83. The number of Topliss-reactive ketones (excluding diaryl/α,β-unsaturated/α-hetero) is 1. The molecule has 2 aromatic rings. The molecular weight excluding hydrogens is 482 g/mol. The summed E-state index contributed by atoms with van der Waals surface area (Å²) in [6.07, 6.45) is 1.03. The number of hydrogen-bond acceptors (Lipinski definition) is 5. The summed E-state index contributed by atoms with van der Waals surface area (Å²) in [5.74, 6) is 0.515. The van der Waals surface area contributed by atoms with E-state index in [4.69, 9.17) is 11.6 Å². The number of nitrogens with zero attached hydrogens (tertiary/aromatic N) is 2. The zero-order chi connectivity index (χ0) is 25.6. The summed E-state index contributed by atoms with van der Waals surface area (Å²) in [7, 11) is -3.63. The normalized spacial score (nSPS) is 20.2. The second kappa shape index (κ2) is 12.5. The van der Waals surface area contributed by atoms with E-state index in [0.717, 1.165) is 25.1 Å². The van der Waals surface area contributed by atoms with Gasteiger partial charge in [-0.25, -0.2) is 8.42 Å². The summed E-state index contributed by atoms with van der Waals surface area (Å²) in [5, 5.41) is 3.99. The monoisotopic (exact) mass is 519 g/mol. The number of benzene rings is 2. The topological polar surface area (TPSA) is 69.7 Å². The van der Waals surface area contributed by atoms with Crippen LogP contribution >= 0.6 is 11.6 Å². The number of carbonyl (C=O) groups excluding carboxylic acids is 1. The van der Waals surface area contributed by atoms with Crippen molar-refractivity contribution in [2.75, 3.05) is 39.3 Å². The van der Waals surface area contributed by atoms with E-state index in [1.165, 1.54) is 6.07 Å². The molecular formula is C27H38ClN3O3S. The summed E-state index contributed by atoms with van der Waals surface area (Å²) in [5.41, 5.74) is 1.54. The van der Waals surface area contributed by atoms with Crippen molar-refractivity contribution < 1.29 is 13.2 Å². The quantitative estimate of drug-likeness (QED) is 0.429. The van der Waals surface area contributed by atoms with Crippen LogP contribution in [0.25, 0.3) is 0 Å². The zero-order valence-corrected chi connectivity index (χ0v) is 22.8. The molecule has 1 aliphatic rings. The number of rotatable bonds is 11. The summed E-state index contributed by atoms with van der Waals surface area (Å²) in [6, 6.07) is 14.4. The minimum Gasteiger partial charge on any atom is -0.308 e. The van der Waals surface area contributed by atoms with Gasteiger partial charge in [0.05, 0.1) is 11.4 Å². The van der Waals surface area contributed by atoms with Crippen molar-refractivity contribution in [2.45, 2.75) is 45.1 Å². The second-order valence-corrected chi connectivity index (χ2v) is 12.0. The predicted molar refractivity (Wildman–Crippen MR) is 142 cm³/mol. The van der Waals surface area contributed by atoms with E-state index in [-0.39, 0.29) is 23.3 Å². The predicted octanol–water partition coefficient (Wildman–Crippen LogP) is 4.86. The first-order chi connectivity index (χ1) is 16.6. The fraction of sp³-hybridized carbons (Fsp3) is 0.519. The molecule has 0 aliphatic carbocycles. The maximum Gasteiger partial charge on any atom is 0.243 e. The molecule has 0 aromatic heterocycles. The number of halogens is 1. The van der Waals surface area contributed by atoms with Crippen molar-refractivity contribution in [3.05, 3.63) is 64.7 Å². The van der Waals surface area contributed by atoms with Crippen molar-refractivity contribution >= 4 is 27.4 Å². The Balaban J connectivity index is 1.69. The van der Waals surface area contributed by atoms with Crippen molar-refractivity contribution in [3.63, 3.8) is 0 Å². The molecule has 6 nitrogen and oxygen atoms in total. The van der Waals surface area contributed by atoms with E-state index in [1.54, 1.807) is 22.5 Å². The molecule has 3 unspecified atom stereocenters. The van der Waals surface area contributed by atoms with Gasteiger partial charge in [0.25, 0.3) is 0 Å². The molecule has 192 valence electrons. The van der Waals surface area contributed by atoms with E-state index in [2.05, 4.69) is 37.9 Å². The molecule has 1 heterocycles. The Morgan fingerprint density at radius 1 is 1.09 bits per heavy atom. The van der Waals surface area contributed by atoms with E-state index < -0.39 is 10.0 Å². The van der Waals surface area contributed by atoms with Crippen LogP contribution in [0.15, 0.2) is 53.4 Å². The Hall–Kier alpha value is -1.77. The highest BCUT2D eigenvalue weighted by atomic mass is 35.5. The van der Waals surface area contributed by atoms with Crippen LogP contribution in [0.4, 0.5) is 0 Å². The Bertz CT molecular complexity index is 1080. The summed E-state index contributed by atoms with van der Waals surface area (Å²) in [4.78, 5) is 15.5. The van der Waals surface area contributed by atoms with Gasteiger partial charge in [0.2, 0.25) is 10.0 Å². The van der Waals surface area contributed by atoms with Crippen LogP contribution in [0.5, 0.6) is 0 Å². The van der Waals surface area contributed by atoms with E-state index in [9.17, 15) is 13.2 Å². The van der Waals surface area contributed by atoms with Gasteiger partial charge in [0.15, 0.2) is 5.78 Å². The lowest BCUT2D eigenvalue weighted by Crippen LogP contribution is -2.42. The maximum absolute atomic E-state index is 13.3. The van der Waals surface area contributed by atoms with Gasteiger partial charge in [-0.05, 0) is 61.2 Å². The highest BCUT2D eigenvalue weighted by molar-refractivity contribution is 7.89. The van der Waals surface area contributed by atoms with Gasteiger partial charge < -0.3 is 5.32 Å². The number of carbonyl (C=O) groups is 1. The average molecular weight is 520 g/mol. The summed E-state index contributed by atoms with van der Waals surface area (Å²) < 4.78 is 28.1. The van der Waals surface area contributed by atoms with Crippen LogP contribution in [0.1, 0.15) is 56.1 Å². The third kappa shape index (κ3) is 7.14. The Kier molecular flexibility index (Phi) is 9.90. The minimum absolute atomic E-state index is 0.102. The fourth-order valence-corrected chi connectivity index (χ4v) is 6.86. The molecule has 35 heavy (non-hydrogen) atoms. The smallest absolute Gasteiger partial charge is 0.243 e. The molecule has 0 spiro atoms. The maximum atomic E-state index is 13.3. The number of sulfonamides is 1. The van der Waals surface area contributed by atoms with Crippen molar-refractivity contribution in [1.82, 2.24) is 14.5 Å². The molecule has 1 saturated heterocycles. The van der Waals surface area contributed by atoms with Crippen molar-refractivity contribution in [1.29, 1.82) is 0 Å². The molecule has 1 aliphatic heterocycles. The van der Waals surface area contributed by atoms with Crippen molar-refractivity contribution in [2.24, 2.45) is 11.8 Å². The SMILES string of the molecule is CCN(CC)C(CNCC(=O)c1cccc(S(=O)(=O)N2CC(C)CC(C)C2)c1)c1ccc(Cl)cc1. The van der Waals surface area contributed by atoms with Gasteiger partial charge in [-0.15, -0.1) is 0 Å². The van der Waals surface area contributed by atoms with Crippen LogP contribution in [0, 0.1) is 11.8 Å². The molecule has 2 aromatic carbocycles. The zero-order valence-electron chi connectivity index (χ0n) is 21.2. The number of hydrogen-bond donors (Lipinski definition) is 1. The molecule has 8 heteroatoms. The van der Waals surface area contributed by atoms with Crippen LogP contribution in [-0.4, -0.2) is 62.7 Å². The van der Waals surface area contributed by atoms with E-state index >= 15 is 0 Å². The largest absolute Gasteiger partial charge is 0.308 e. The number of ketones is 1. The van der Waals surface area contributed by atoms with Crippen LogP contribution < -0.4 is 5.32 Å². The molecule has 0 radical (unpaired) electrons. The first kappa shape index (κ1) is 27.8. The minimum atomic E-state index is -3.63. The van der Waals surface area contributed by atoms with E-state index in [1.807, 2.05) is 24.3 Å². The lowest BCUT2D eigenvalue weighted by atomic mass is 9.94. The highest BCUT2D eigenvalue weighted by Crippen LogP contribution is 2.27. The lowest BCUT2D eigenvalue weighted by Gasteiger charge is -2.34. The molecule has 0 bridgehead atoms. The molecule has 3 rings (SSSR count). The van der Waals surface area contributed by atoms with Gasteiger partial charge in [-0.1, -0.05) is 63.6 Å². The Morgan fingerprint density at radius 3 is 2.31 bits per heavy atom. The van der Waals surface area contributed by atoms with Crippen LogP contribution in [0.3, 0.4) is 0 Å². The van der Waals surface area contributed by atoms with Crippen molar-refractivity contribution in [3.8, 4) is 0 Å². The standard InChI is InChI=1S/C27H38ClN3O3S/c1-5-30(6-2)26(22-10-12-24(28)13-11-22)16-29-17-27(32)23-8-7-9-25(15-23)35(33,34)31-18-20(3)14-21(4)19-31/h7-13,15,20-21,26,29H,5-6,14,16-19H2,1-4H3. The van der Waals surface area contributed by atoms with Crippen LogP contribution in [-0.2, 0) is 10.0 Å². The van der Waals surface area contributed by atoms with Gasteiger partial charge in [-0.3, -0.25) is 9.69 Å². The van der Waals surface area contributed by atoms with Gasteiger partial charge >= 0.3 is 0 Å². The summed E-state index contributed by atoms with van der Waals surface area (Å²) >= 11 is 6.07.